The SMILES string of the molecule is O=C(/C=C/c1ccccc1)N1CCC(S(=O)(=O)c2ccccc2)CC1. The molecule has 0 radical (unpaired) electrons. The maximum absolute atomic E-state index is 12.7. The largest absolute Gasteiger partial charge is 0.339 e. The summed E-state index contributed by atoms with van der Waals surface area (Å²) in [4.78, 5) is 14.4. The molecule has 0 aromatic heterocycles. The molecule has 0 saturated carbocycles. The number of piperidine rings is 1. The van der Waals surface area contributed by atoms with E-state index in [4.69, 9.17) is 0 Å². The molecular weight excluding hydrogens is 334 g/mol. The Morgan fingerprint density at radius 2 is 1.48 bits per heavy atom. The topological polar surface area (TPSA) is 54.5 Å². The predicted octanol–water partition coefficient (Wildman–Crippen LogP) is 3.16. The van der Waals surface area contributed by atoms with E-state index in [2.05, 4.69) is 0 Å². The Balaban J connectivity index is 1.60. The van der Waals surface area contributed by atoms with Crippen LogP contribution < -0.4 is 0 Å². The van der Waals surface area contributed by atoms with Gasteiger partial charge in [0.15, 0.2) is 9.84 Å². The summed E-state index contributed by atoms with van der Waals surface area (Å²) in [6.45, 7) is 0.934. The number of nitrogens with zero attached hydrogens (tertiary/aromatic N) is 1. The molecule has 0 N–H and O–H groups in total. The van der Waals surface area contributed by atoms with Crippen LogP contribution in [0.1, 0.15) is 18.4 Å². The zero-order valence-corrected chi connectivity index (χ0v) is 14.7. The summed E-state index contributed by atoms with van der Waals surface area (Å²) in [6, 6.07) is 18.2. The third-order valence-electron chi connectivity index (χ3n) is 4.48. The Morgan fingerprint density at radius 3 is 2.08 bits per heavy atom. The van der Waals surface area contributed by atoms with Gasteiger partial charge in [-0.3, -0.25) is 4.79 Å². The molecule has 1 aliphatic heterocycles. The van der Waals surface area contributed by atoms with Gasteiger partial charge >= 0.3 is 0 Å². The smallest absolute Gasteiger partial charge is 0.246 e. The third-order valence-corrected chi connectivity index (χ3v) is 6.76. The number of carbonyl (C=O) groups is 1. The zero-order valence-electron chi connectivity index (χ0n) is 13.9. The van der Waals surface area contributed by atoms with E-state index in [9.17, 15) is 13.2 Å². The van der Waals surface area contributed by atoms with Crippen LogP contribution >= 0.6 is 0 Å². The lowest BCUT2D eigenvalue weighted by Crippen LogP contribution is -2.41. The monoisotopic (exact) mass is 355 g/mol. The van der Waals surface area contributed by atoms with Gasteiger partial charge in [0.25, 0.3) is 0 Å². The Morgan fingerprint density at radius 1 is 0.920 bits per heavy atom. The molecule has 0 unspecified atom stereocenters. The quantitative estimate of drug-likeness (QED) is 0.792. The van der Waals surface area contributed by atoms with Gasteiger partial charge in [0.1, 0.15) is 0 Å². The molecule has 0 aliphatic carbocycles. The number of likely N-dealkylation sites (tertiary alicyclic amines) is 1. The van der Waals surface area contributed by atoms with Crippen molar-refractivity contribution in [2.45, 2.75) is 23.0 Å². The highest BCUT2D eigenvalue weighted by Gasteiger charge is 2.32. The fourth-order valence-corrected chi connectivity index (χ4v) is 4.78. The van der Waals surface area contributed by atoms with Gasteiger partial charge in [-0.25, -0.2) is 8.42 Å². The Labute approximate surface area is 148 Å². The van der Waals surface area contributed by atoms with Crippen molar-refractivity contribution in [1.82, 2.24) is 4.90 Å². The lowest BCUT2D eigenvalue weighted by Gasteiger charge is -2.31. The molecule has 5 heteroatoms. The molecule has 1 heterocycles. The van der Waals surface area contributed by atoms with E-state index in [-0.39, 0.29) is 5.91 Å². The zero-order chi connectivity index (χ0) is 17.7. The van der Waals surface area contributed by atoms with E-state index < -0.39 is 15.1 Å². The highest BCUT2D eigenvalue weighted by atomic mass is 32.2. The van der Waals surface area contributed by atoms with Crippen molar-refractivity contribution in [2.75, 3.05) is 13.1 Å². The Bertz CT molecular complexity index is 837. The average molecular weight is 355 g/mol. The van der Waals surface area contributed by atoms with Crippen molar-refractivity contribution in [3.63, 3.8) is 0 Å². The molecule has 0 atom stereocenters. The molecule has 3 rings (SSSR count). The summed E-state index contributed by atoms with van der Waals surface area (Å²) in [6.07, 6.45) is 4.29. The van der Waals surface area contributed by atoms with Crippen molar-refractivity contribution in [3.8, 4) is 0 Å². The first-order chi connectivity index (χ1) is 12.1. The molecule has 0 spiro atoms. The Hall–Kier alpha value is -2.40. The van der Waals surface area contributed by atoms with Crippen LogP contribution in [0.25, 0.3) is 6.08 Å². The first-order valence-electron chi connectivity index (χ1n) is 8.38. The standard InChI is InChI=1S/C20H21NO3S/c22-20(12-11-17-7-3-1-4-8-17)21-15-13-19(14-16-21)25(23,24)18-9-5-2-6-10-18/h1-12,19H,13-16H2/b12-11+. The average Bonchev–Trinajstić information content (AvgIpc) is 2.68. The van der Waals surface area contributed by atoms with E-state index in [1.165, 1.54) is 0 Å². The molecule has 1 aliphatic rings. The van der Waals surface area contributed by atoms with Crippen molar-refractivity contribution < 1.29 is 13.2 Å². The fraction of sp³-hybridized carbons (Fsp3) is 0.250. The summed E-state index contributed by atoms with van der Waals surface area (Å²) in [5.41, 5.74) is 0.970. The summed E-state index contributed by atoms with van der Waals surface area (Å²) in [5.74, 6) is -0.0700. The normalized spacial score (nSPS) is 16.2. The first-order valence-corrected chi connectivity index (χ1v) is 9.93. The molecule has 1 amide bonds. The molecule has 1 fully saturated rings. The minimum absolute atomic E-state index is 0.0700. The van der Waals surface area contributed by atoms with Gasteiger partial charge in [0.2, 0.25) is 5.91 Å². The number of hydrogen-bond donors (Lipinski definition) is 0. The predicted molar refractivity (Wildman–Crippen MR) is 98.7 cm³/mol. The molecule has 4 nitrogen and oxygen atoms in total. The lowest BCUT2D eigenvalue weighted by atomic mass is 10.1. The van der Waals surface area contributed by atoms with E-state index in [1.807, 2.05) is 30.3 Å². The highest BCUT2D eigenvalue weighted by molar-refractivity contribution is 7.92. The van der Waals surface area contributed by atoms with Gasteiger partial charge in [0, 0.05) is 19.2 Å². The van der Waals surface area contributed by atoms with Crippen LogP contribution in [0, 0.1) is 0 Å². The maximum atomic E-state index is 12.7. The van der Waals surface area contributed by atoms with Crippen molar-refractivity contribution >= 4 is 21.8 Å². The van der Waals surface area contributed by atoms with Crippen LogP contribution in [-0.2, 0) is 14.6 Å². The first kappa shape index (κ1) is 17.4. The van der Waals surface area contributed by atoms with Gasteiger partial charge < -0.3 is 4.90 Å². The molecule has 1 saturated heterocycles. The maximum Gasteiger partial charge on any atom is 0.246 e. The summed E-state index contributed by atoms with van der Waals surface area (Å²) < 4.78 is 25.3. The number of hydrogen-bond acceptors (Lipinski definition) is 3. The van der Waals surface area contributed by atoms with Crippen molar-refractivity contribution in [3.05, 3.63) is 72.3 Å². The van der Waals surface area contributed by atoms with Crippen molar-refractivity contribution in [2.24, 2.45) is 0 Å². The van der Waals surface area contributed by atoms with Gasteiger partial charge in [-0.15, -0.1) is 0 Å². The second-order valence-electron chi connectivity index (χ2n) is 6.13. The highest BCUT2D eigenvalue weighted by Crippen LogP contribution is 2.24. The van der Waals surface area contributed by atoms with E-state index in [0.29, 0.717) is 30.8 Å². The Kier molecular flexibility index (Phi) is 5.34. The number of carbonyl (C=O) groups excluding carboxylic acids is 1. The van der Waals surface area contributed by atoms with Crippen LogP contribution in [0.5, 0.6) is 0 Å². The second kappa shape index (κ2) is 7.66. The van der Waals surface area contributed by atoms with Crippen LogP contribution in [0.2, 0.25) is 0 Å². The molecule has 0 bridgehead atoms. The number of benzene rings is 2. The van der Waals surface area contributed by atoms with Crippen LogP contribution in [0.15, 0.2) is 71.6 Å². The number of sulfone groups is 1. The van der Waals surface area contributed by atoms with Crippen LogP contribution in [0.3, 0.4) is 0 Å². The summed E-state index contributed by atoms with van der Waals surface area (Å²) in [7, 11) is -3.32. The van der Waals surface area contributed by atoms with Gasteiger partial charge in [0.05, 0.1) is 10.1 Å². The molecular formula is C20H21NO3S. The van der Waals surface area contributed by atoms with Gasteiger partial charge in [-0.1, -0.05) is 48.5 Å². The van der Waals surface area contributed by atoms with Gasteiger partial charge in [-0.05, 0) is 36.6 Å². The molecule has 25 heavy (non-hydrogen) atoms. The minimum atomic E-state index is -3.32. The van der Waals surface area contributed by atoms with E-state index in [0.717, 1.165) is 5.56 Å². The van der Waals surface area contributed by atoms with E-state index >= 15 is 0 Å². The minimum Gasteiger partial charge on any atom is -0.339 e. The van der Waals surface area contributed by atoms with Crippen LogP contribution in [-0.4, -0.2) is 37.6 Å². The van der Waals surface area contributed by atoms with Gasteiger partial charge in [-0.2, -0.15) is 0 Å². The van der Waals surface area contributed by atoms with Crippen molar-refractivity contribution in [1.29, 1.82) is 0 Å². The number of rotatable bonds is 4. The second-order valence-corrected chi connectivity index (χ2v) is 8.35. The number of amides is 1. The molecule has 2 aromatic rings. The van der Waals surface area contributed by atoms with E-state index in [1.54, 1.807) is 47.4 Å². The third kappa shape index (κ3) is 4.17. The van der Waals surface area contributed by atoms with Crippen LogP contribution in [0.4, 0.5) is 0 Å². The summed E-state index contributed by atoms with van der Waals surface area (Å²) in [5, 5.41) is -0.419. The molecule has 2 aromatic carbocycles. The lowest BCUT2D eigenvalue weighted by molar-refractivity contribution is -0.126. The molecule has 130 valence electrons. The fourth-order valence-electron chi connectivity index (χ4n) is 3.03. The summed E-state index contributed by atoms with van der Waals surface area (Å²) >= 11 is 0.